The van der Waals surface area contributed by atoms with Gasteiger partial charge in [0.15, 0.2) is 0 Å². The van der Waals surface area contributed by atoms with Crippen molar-refractivity contribution in [3.8, 4) is 5.75 Å². The third-order valence-electron chi connectivity index (χ3n) is 4.68. The van der Waals surface area contributed by atoms with Crippen molar-refractivity contribution in [3.05, 3.63) is 76.6 Å². The van der Waals surface area contributed by atoms with Gasteiger partial charge in [-0.25, -0.2) is 0 Å². The van der Waals surface area contributed by atoms with E-state index in [2.05, 4.69) is 17.3 Å². The van der Waals surface area contributed by atoms with Gasteiger partial charge in [0.05, 0.1) is 12.3 Å². The summed E-state index contributed by atoms with van der Waals surface area (Å²) in [5.74, 6) is 0.629. The van der Waals surface area contributed by atoms with Crippen LogP contribution in [0.15, 0.2) is 48.5 Å². The Bertz CT molecular complexity index is 925. The molecule has 3 rings (SSSR count). The lowest BCUT2D eigenvalue weighted by Gasteiger charge is -2.08. The minimum atomic E-state index is -0.134. The van der Waals surface area contributed by atoms with Crippen molar-refractivity contribution in [2.75, 3.05) is 11.9 Å². The maximum Gasteiger partial charge on any atom is 0.255 e. The van der Waals surface area contributed by atoms with Crippen LogP contribution in [0.4, 0.5) is 5.69 Å². The number of ether oxygens (including phenoxy) is 1. The monoisotopic (exact) mass is 363 g/mol. The Balaban J connectivity index is 1.65. The molecule has 140 valence electrons. The molecule has 0 spiro atoms. The van der Waals surface area contributed by atoms with Crippen LogP contribution in [0.1, 0.15) is 39.8 Å². The second-order valence-corrected chi connectivity index (χ2v) is 6.56. The van der Waals surface area contributed by atoms with E-state index < -0.39 is 0 Å². The lowest BCUT2D eigenvalue weighted by atomic mass is 10.0. The molecule has 0 aliphatic heterocycles. The van der Waals surface area contributed by atoms with Gasteiger partial charge in [-0.3, -0.25) is 9.48 Å². The van der Waals surface area contributed by atoms with Crippen molar-refractivity contribution in [1.82, 2.24) is 9.78 Å². The van der Waals surface area contributed by atoms with Crippen molar-refractivity contribution in [2.45, 2.75) is 27.2 Å². The maximum absolute atomic E-state index is 12.4. The van der Waals surface area contributed by atoms with Crippen LogP contribution in [-0.2, 0) is 13.5 Å². The van der Waals surface area contributed by atoms with Gasteiger partial charge in [-0.15, -0.1) is 0 Å². The first-order valence-electron chi connectivity index (χ1n) is 9.10. The van der Waals surface area contributed by atoms with Crippen LogP contribution in [-0.4, -0.2) is 22.3 Å². The molecular weight excluding hydrogens is 338 g/mol. The molecule has 0 radical (unpaired) electrons. The number of nitrogens with one attached hydrogen (secondary N) is 1. The minimum absolute atomic E-state index is 0.134. The lowest BCUT2D eigenvalue weighted by molar-refractivity contribution is 0.102. The smallest absolute Gasteiger partial charge is 0.255 e. The molecule has 0 atom stereocenters. The quantitative estimate of drug-likeness (QED) is 0.711. The molecule has 5 nitrogen and oxygen atoms in total. The highest BCUT2D eigenvalue weighted by Gasteiger charge is 2.10. The lowest BCUT2D eigenvalue weighted by Crippen LogP contribution is -2.11. The summed E-state index contributed by atoms with van der Waals surface area (Å²) in [6.45, 7) is 6.66. The number of anilines is 1. The van der Waals surface area contributed by atoms with E-state index >= 15 is 0 Å². The molecule has 0 bridgehead atoms. The number of rotatable bonds is 6. The third-order valence-corrected chi connectivity index (χ3v) is 4.68. The summed E-state index contributed by atoms with van der Waals surface area (Å²) in [4.78, 5) is 12.4. The number of nitrogens with zero attached hydrogens (tertiary/aromatic N) is 2. The first-order valence-corrected chi connectivity index (χ1v) is 9.10. The number of amides is 1. The highest BCUT2D eigenvalue weighted by Crippen LogP contribution is 2.19. The van der Waals surface area contributed by atoms with E-state index in [1.807, 2.05) is 49.8 Å². The summed E-state index contributed by atoms with van der Waals surface area (Å²) in [7, 11) is 1.96. The van der Waals surface area contributed by atoms with Crippen LogP contribution < -0.4 is 10.1 Å². The normalized spacial score (nSPS) is 10.7. The van der Waals surface area contributed by atoms with Crippen LogP contribution >= 0.6 is 0 Å². The summed E-state index contributed by atoms with van der Waals surface area (Å²) >= 11 is 0. The zero-order valence-electron chi connectivity index (χ0n) is 16.2. The molecule has 0 saturated heterocycles. The number of hydrogen-bond acceptors (Lipinski definition) is 3. The van der Waals surface area contributed by atoms with Gasteiger partial charge in [-0.2, -0.15) is 5.10 Å². The second-order valence-electron chi connectivity index (χ2n) is 6.56. The Morgan fingerprint density at radius 1 is 1.07 bits per heavy atom. The predicted molar refractivity (Wildman–Crippen MR) is 107 cm³/mol. The summed E-state index contributed by atoms with van der Waals surface area (Å²) < 4.78 is 7.31. The fourth-order valence-corrected chi connectivity index (χ4v) is 3.06. The van der Waals surface area contributed by atoms with Crippen LogP contribution in [0.5, 0.6) is 5.75 Å². The summed E-state index contributed by atoms with van der Waals surface area (Å²) in [6, 6.07) is 15.1. The summed E-state index contributed by atoms with van der Waals surface area (Å²) in [6.07, 6.45) is 0.832. The van der Waals surface area contributed by atoms with E-state index in [9.17, 15) is 4.79 Å². The number of aryl methyl sites for hydroxylation is 2. The Morgan fingerprint density at radius 2 is 1.74 bits per heavy atom. The number of carbonyl (C=O) groups excluding carboxylic acids is 1. The molecule has 1 amide bonds. The van der Waals surface area contributed by atoms with E-state index in [-0.39, 0.29) is 5.91 Å². The highest BCUT2D eigenvalue weighted by atomic mass is 16.5. The molecule has 2 aromatic carbocycles. The summed E-state index contributed by atoms with van der Waals surface area (Å²) in [5.41, 5.74) is 6.06. The largest absolute Gasteiger partial charge is 0.494 e. The molecule has 1 N–H and O–H groups in total. The molecule has 5 heteroatoms. The first-order chi connectivity index (χ1) is 13.0. The van der Waals surface area contributed by atoms with Gasteiger partial charge < -0.3 is 10.1 Å². The topological polar surface area (TPSA) is 56.1 Å². The summed E-state index contributed by atoms with van der Waals surface area (Å²) in [5, 5.41) is 7.40. The molecule has 1 aromatic heterocycles. The van der Waals surface area contributed by atoms with Gasteiger partial charge in [-0.05, 0) is 62.7 Å². The Labute approximate surface area is 160 Å². The van der Waals surface area contributed by atoms with Crippen LogP contribution in [0.2, 0.25) is 0 Å². The van der Waals surface area contributed by atoms with E-state index in [1.54, 1.807) is 24.3 Å². The molecule has 0 saturated carbocycles. The zero-order valence-corrected chi connectivity index (χ0v) is 16.2. The van der Waals surface area contributed by atoms with Crippen molar-refractivity contribution < 1.29 is 9.53 Å². The minimum Gasteiger partial charge on any atom is -0.494 e. The number of benzene rings is 2. The van der Waals surface area contributed by atoms with E-state index in [0.29, 0.717) is 12.2 Å². The van der Waals surface area contributed by atoms with Gasteiger partial charge in [0.2, 0.25) is 0 Å². The van der Waals surface area contributed by atoms with E-state index in [0.717, 1.165) is 23.6 Å². The second kappa shape index (κ2) is 8.08. The number of hydrogen-bond donors (Lipinski definition) is 1. The van der Waals surface area contributed by atoms with Crippen molar-refractivity contribution in [2.24, 2.45) is 7.05 Å². The molecular formula is C22H25N3O2. The Morgan fingerprint density at radius 3 is 2.30 bits per heavy atom. The van der Waals surface area contributed by atoms with Gasteiger partial charge in [0, 0.05) is 36.0 Å². The third kappa shape index (κ3) is 4.37. The van der Waals surface area contributed by atoms with E-state index in [1.165, 1.54) is 16.8 Å². The zero-order chi connectivity index (χ0) is 19.4. The van der Waals surface area contributed by atoms with Gasteiger partial charge >= 0.3 is 0 Å². The molecule has 0 fully saturated rings. The molecule has 27 heavy (non-hydrogen) atoms. The van der Waals surface area contributed by atoms with Crippen molar-refractivity contribution in [3.63, 3.8) is 0 Å². The fourth-order valence-electron chi connectivity index (χ4n) is 3.06. The predicted octanol–water partition coefficient (Wildman–Crippen LogP) is 4.28. The molecule has 0 aliphatic rings. The molecule has 3 aromatic rings. The average Bonchev–Trinajstić information content (AvgIpc) is 2.90. The Hall–Kier alpha value is -3.08. The maximum atomic E-state index is 12.4. The first kappa shape index (κ1) is 18.7. The van der Waals surface area contributed by atoms with Gasteiger partial charge in [-0.1, -0.05) is 12.1 Å². The van der Waals surface area contributed by atoms with Crippen LogP contribution in [0.25, 0.3) is 0 Å². The van der Waals surface area contributed by atoms with Crippen molar-refractivity contribution >= 4 is 11.6 Å². The van der Waals surface area contributed by atoms with Gasteiger partial charge in [0.25, 0.3) is 5.91 Å². The highest BCUT2D eigenvalue weighted by molar-refractivity contribution is 6.04. The van der Waals surface area contributed by atoms with Gasteiger partial charge in [0.1, 0.15) is 5.75 Å². The molecule has 1 heterocycles. The average molecular weight is 363 g/mol. The molecule has 0 unspecified atom stereocenters. The SMILES string of the molecule is CCOc1ccc(C(=O)Nc2ccc(Cc3c(C)nn(C)c3C)cc2)cc1. The number of carbonyl (C=O) groups is 1. The van der Waals surface area contributed by atoms with Crippen molar-refractivity contribution in [1.29, 1.82) is 0 Å². The standard InChI is InChI=1S/C22H25N3O2/c1-5-27-20-12-8-18(9-13-20)22(26)23-19-10-6-17(7-11-19)14-21-15(2)24-25(4)16(21)3/h6-13H,5,14H2,1-4H3,(H,23,26). The fraction of sp³-hybridized carbons (Fsp3) is 0.273. The Kier molecular flexibility index (Phi) is 5.60. The number of aromatic nitrogens is 2. The van der Waals surface area contributed by atoms with E-state index in [4.69, 9.17) is 4.74 Å². The van der Waals surface area contributed by atoms with Crippen LogP contribution in [0, 0.1) is 13.8 Å². The van der Waals surface area contributed by atoms with Crippen LogP contribution in [0.3, 0.4) is 0 Å². The molecule has 0 aliphatic carbocycles.